The fourth-order valence-electron chi connectivity index (χ4n) is 2.58. The third kappa shape index (κ3) is 2.54. The summed E-state index contributed by atoms with van der Waals surface area (Å²) in [5.74, 6) is 1.84. The SMILES string of the molecule is CCOC1CC(Nc2cccnc2-n2ccnc2C)C1. The number of ether oxygens (including phenoxy) is 1. The van der Waals surface area contributed by atoms with Crippen LogP contribution in [0.2, 0.25) is 0 Å². The van der Waals surface area contributed by atoms with Crippen molar-refractivity contribution in [2.24, 2.45) is 0 Å². The summed E-state index contributed by atoms with van der Waals surface area (Å²) in [7, 11) is 0. The van der Waals surface area contributed by atoms with Gasteiger partial charge in [0, 0.05) is 31.2 Å². The third-order valence-corrected chi connectivity index (χ3v) is 3.70. The molecular formula is C15H20N4O. The Hall–Kier alpha value is -1.88. The van der Waals surface area contributed by atoms with Crippen LogP contribution in [0.25, 0.3) is 5.82 Å². The molecule has 5 nitrogen and oxygen atoms in total. The number of anilines is 1. The lowest BCUT2D eigenvalue weighted by Gasteiger charge is -2.36. The highest BCUT2D eigenvalue weighted by Crippen LogP contribution is 2.28. The molecule has 106 valence electrons. The molecule has 1 aliphatic rings. The third-order valence-electron chi connectivity index (χ3n) is 3.70. The van der Waals surface area contributed by atoms with E-state index in [1.165, 1.54) is 0 Å². The molecule has 20 heavy (non-hydrogen) atoms. The molecule has 0 unspecified atom stereocenters. The summed E-state index contributed by atoms with van der Waals surface area (Å²) in [6, 6.07) is 4.49. The van der Waals surface area contributed by atoms with Crippen molar-refractivity contribution in [2.75, 3.05) is 11.9 Å². The first-order chi connectivity index (χ1) is 9.78. The molecule has 3 rings (SSSR count). The molecule has 5 heteroatoms. The van der Waals surface area contributed by atoms with Gasteiger partial charge in [0.1, 0.15) is 5.82 Å². The fraction of sp³-hybridized carbons (Fsp3) is 0.467. The first kappa shape index (κ1) is 13.1. The van der Waals surface area contributed by atoms with Crippen molar-refractivity contribution in [2.45, 2.75) is 38.8 Å². The number of nitrogens with zero attached hydrogens (tertiary/aromatic N) is 3. The molecule has 1 N–H and O–H groups in total. The van der Waals surface area contributed by atoms with Crippen molar-refractivity contribution in [3.63, 3.8) is 0 Å². The Kier molecular flexibility index (Phi) is 3.69. The minimum atomic E-state index is 0.410. The Morgan fingerprint density at radius 1 is 1.35 bits per heavy atom. The minimum Gasteiger partial charge on any atom is -0.379 e. The zero-order valence-electron chi connectivity index (χ0n) is 11.9. The Labute approximate surface area is 119 Å². The Morgan fingerprint density at radius 3 is 2.90 bits per heavy atom. The predicted molar refractivity (Wildman–Crippen MR) is 78.2 cm³/mol. The molecule has 0 amide bonds. The van der Waals surface area contributed by atoms with E-state index in [-0.39, 0.29) is 0 Å². The van der Waals surface area contributed by atoms with Gasteiger partial charge in [-0.25, -0.2) is 9.97 Å². The van der Waals surface area contributed by atoms with E-state index in [1.54, 1.807) is 6.20 Å². The van der Waals surface area contributed by atoms with E-state index >= 15 is 0 Å². The van der Waals surface area contributed by atoms with E-state index in [0.29, 0.717) is 12.1 Å². The van der Waals surface area contributed by atoms with Gasteiger partial charge in [-0.15, -0.1) is 0 Å². The molecule has 0 saturated heterocycles. The second kappa shape index (κ2) is 5.63. The molecule has 0 bridgehead atoms. The molecule has 0 aromatic carbocycles. The highest BCUT2D eigenvalue weighted by Gasteiger charge is 2.30. The van der Waals surface area contributed by atoms with Crippen molar-refractivity contribution in [3.05, 3.63) is 36.5 Å². The van der Waals surface area contributed by atoms with Crippen molar-refractivity contribution in [1.29, 1.82) is 0 Å². The van der Waals surface area contributed by atoms with E-state index in [0.717, 1.165) is 36.8 Å². The van der Waals surface area contributed by atoms with Crippen molar-refractivity contribution >= 4 is 5.69 Å². The molecule has 2 aromatic heterocycles. The van der Waals surface area contributed by atoms with Crippen LogP contribution in [0, 0.1) is 6.92 Å². The monoisotopic (exact) mass is 272 g/mol. The standard InChI is InChI=1S/C15H20N4O/c1-3-20-13-9-12(10-13)18-14-5-4-6-17-15(14)19-8-7-16-11(19)2/h4-8,12-13,18H,3,9-10H2,1-2H3. The lowest BCUT2D eigenvalue weighted by atomic mass is 9.89. The molecule has 1 fully saturated rings. The van der Waals surface area contributed by atoms with Gasteiger partial charge in [0.2, 0.25) is 0 Å². The number of pyridine rings is 1. The van der Waals surface area contributed by atoms with Gasteiger partial charge >= 0.3 is 0 Å². The number of rotatable bonds is 5. The predicted octanol–water partition coefficient (Wildman–Crippen LogP) is 2.56. The van der Waals surface area contributed by atoms with Crippen LogP contribution in [-0.4, -0.2) is 33.3 Å². The molecule has 0 aliphatic heterocycles. The Bertz CT molecular complexity index is 575. The zero-order chi connectivity index (χ0) is 13.9. The van der Waals surface area contributed by atoms with Crippen molar-refractivity contribution in [3.8, 4) is 5.82 Å². The topological polar surface area (TPSA) is 52.0 Å². The number of imidazole rings is 1. The van der Waals surface area contributed by atoms with Crippen LogP contribution in [0.5, 0.6) is 0 Å². The number of hydrogen-bond donors (Lipinski definition) is 1. The molecule has 2 heterocycles. The van der Waals surface area contributed by atoms with Crippen LogP contribution in [0.1, 0.15) is 25.6 Å². The molecule has 0 atom stereocenters. The van der Waals surface area contributed by atoms with Crippen molar-refractivity contribution < 1.29 is 4.74 Å². The summed E-state index contributed by atoms with van der Waals surface area (Å²) in [5, 5.41) is 3.56. The molecule has 1 aliphatic carbocycles. The van der Waals surface area contributed by atoms with Crippen LogP contribution >= 0.6 is 0 Å². The van der Waals surface area contributed by atoms with Gasteiger partial charge in [0.05, 0.1) is 11.8 Å². The van der Waals surface area contributed by atoms with Gasteiger partial charge in [-0.3, -0.25) is 4.57 Å². The van der Waals surface area contributed by atoms with Gasteiger partial charge in [-0.1, -0.05) is 0 Å². The summed E-state index contributed by atoms with van der Waals surface area (Å²) < 4.78 is 7.60. The van der Waals surface area contributed by atoms with E-state index in [2.05, 4.69) is 21.4 Å². The highest BCUT2D eigenvalue weighted by molar-refractivity contribution is 5.57. The summed E-state index contributed by atoms with van der Waals surface area (Å²) in [6.45, 7) is 4.82. The molecular weight excluding hydrogens is 252 g/mol. The summed E-state index contributed by atoms with van der Waals surface area (Å²) in [6.07, 6.45) is 8.07. The summed E-state index contributed by atoms with van der Waals surface area (Å²) >= 11 is 0. The van der Waals surface area contributed by atoms with Gasteiger partial charge in [0.25, 0.3) is 0 Å². The number of aryl methyl sites for hydroxylation is 1. The number of hydrogen-bond acceptors (Lipinski definition) is 4. The lowest BCUT2D eigenvalue weighted by Crippen LogP contribution is -2.41. The normalized spacial score (nSPS) is 21.5. The highest BCUT2D eigenvalue weighted by atomic mass is 16.5. The maximum absolute atomic E-state index is 5.60. The zero-order valence-corrected chi connectivity index (χ0v) is 11.9. The van der Waals surface area contributed by atoms with Crippen molar-refractivity contribution in [1.82, 2.24) is 14.5 Å². The second-order valence-corrected chi connectivity index (χ2v) is 5.11. The maximum atomic E-state index is 5.60. The van der Waals surface area contributed by atoms with Gasteiger partial charge in [-0.05, 0) is 38.8 Å². The van der Waals surface area contributed by atoms with Gasteiger partial charge in [0.15, 0.2) is 5.82 Å². The van der Waals surface area contributed by atoms with Crippen LogP contribution in [0.3, 0.4) is 0 Å². The van der Waals surface area contributed by atoms with E-state index in [9.17, 15) is 0 Å². The maximum Gasteiger partial charge on any atom is 0.161 e. The fourth-order valence-corrected chi connectivity index (χ4v) is 2.58. The van der Waals surface area contributed by atoms with Crippen LogP contribution in [0.15, 0.2) is 30.7 Å². The largest absolute Gasteiger partial charge is 0.379 e. The first-order valence-corrected chi connectivity index (χ1v) is 7.11. The van der Waals surface area contributed by atoms with Crippen LogP contribution in [-0.2, 0) is 4.74 Å². The van der Waals surface area contributed by atoms with Gasteiger partial charge < -0.3 is 10.1 Å². The van der Waals surface area contributed by atoms with Crippen LogP contribution in [0.4, 0.5) is 5.69 Å². The average molecular weight is 272 g/mol. The molecule has 0 radical (unpaired) electrons. The van der Waals surface area contributed by atoms with Gasteiger partial charge in [-0.2, -0.15) is 0 Å². The quantitative estimate of drug-likeness (QED) is 0.909. The van der Waals surface area contributed by atoms with E-state index in [4.69, 9.17) is 4.74 Å². The minimum absolute atomic E-state index is 0.410. The van der Waals surface area contributed by atoms with Crippen LogP contribution < -0.4 is 5.32 Å². The second-order valence-electron chi connectivity index (χ2n) is 5.11. The molecule has 1 saturated carbocycles. The van der Waals surface area contributed by atoms with E-state index < -0.39 is 0 Å². The Morgan fingerprint density at radius 2 is 2.20 bits per heavy atom. The molecule has 0 spiro atoms. The average Bonchev–Trinajstić information content (AvgIpc) is 2.83. The summed E-state index contributed by atoms with van der Waals surface area (Å²) in [5.41, 5.74) is 1.05. The van der Waals surface area contributed by atoms with E-state index in [1.807, 2.05) is 36.9 Å². The number of nitrogens with one attached hydrogen (secondary N) is 1. The Balaban J connectivity index is 1.73. The first-order valence-electron chi connectivity index (χ1n) is 7.11. The summed E-state index contributed by atoms with van der Waals surface area (Å²) in [4.78, 5) is 8.74. The number of aromatic nitrogens is 3. The molecule has 2 aromatic rings. The lowest BCUT2D eigenvalue weighted by molar-refractivity contribution is 0.00298. The smallest absolute Gasteiger partial charge is 0.161 e.